The van der Waals surface area contributed by atoms with Crippen LogP contribution in [0.3, 0.4) is 0 Å². The fourth-order valence-electron chi connectivity index (χ4n) is 6.28. The molecule has 324 valence electrons. The van der Waals surface area contributed by atoms with Crippen LogP contribution in [-0.4, -0.2) is 65.7 Å². The number of hydrogen-bond donors (Lipinski definition) is 1. The van der Waals surface area contributed by atoms with Crippen molar-refractivity contribution in [1.82, 2.24) is 4.98 Å². The van der Waals surface area contributed by atoms with E-state index >= 15 is 0 Å². The van der Waals surface area contributed by atoms with E-state index in [9.17, 15) is 9.90 Å². The Balaban J connectivity index is 3.14. The molecule has 0 aliphatic carbocycles. The first-order valence-corrected chi connectivity index (χ1v) is 30.4. The summed E-state index contributed by atoms with van der Waals surface area (Å²) in [5, 5.41) is 12.0. The molecule has 0 radical (unpaired) electrons. The molecular weight excluding hydrogens is 743 g/mol. The summed E-state index contributed by atoms with van der Waals surface area (Å²) in [4.78, 5) is 19.1. The number of ketones is 1. The number of aliphatic hydroxyl groups excluding tert-OH is 1. The normalized spacial score (nSPS) is 17.4. The van der Waals surface area contributed by atoms with E-state index in [1.807, 2.05) is 45.2 Å². The van der Waals surface area contributed by atoms with Gasteiger partial charge in [-0.1, -0.05) is 108 Å². The van der Waals surface area contributed by atoms with Crippen molar-refractivity contribution in [2.75, 3.05) is 6.61 Å². The third kappa shape index (κ3) is 15.4. The summed E-state index contributed by atoms with van der Waals surface area (Å²) in [7, 11) is -6.20. The molecule has 0 amide bonds. The van der Waals surface area contributed by atoms with Crippen LogP contribution in [0.2, 0.25) is 54.4 Å². The van der Waals surface area contributed by atoms with Crippen LogP contribution >= 0.6 is 0 Å². The third-order valence-electron chi connectivity index (χ3n) is 13.8. The van der Waals surface area contributed by atoms with Gasteiger partial charge in [0.25, 0.3) is 0 Å². The minimum Gasteiger partial charge on any atom is -0.417 e. The first kappa shape index (κ1) is 52.8. The number of rotatable bonds is 22. The number of aliphatic hydroxyl groups is 1. The van der Waals surface area contributed by atoms with E-state index in [1.165, 1.54) is 11.1 Å². The average Bonchev–Trinajstić information content (AvgIpc) is 3.04. The number of hydrogen-bond acceptors (Lipinski definition) is 6. The predicted molar refractivity (Wildman–Crippen MR) is 250 cm³/mol. The van der Waals surface area contributed by atoms with Crippen molar-refractivity contribution in [3.05, 3.63) is 47.3 Å². The van der Waals surface area contributed by atoms with Crippen LogP contribution in [0.5, 0.6) is 0 Å². The van der Waals surface area contributed by atoms with Crippen LogP contribution in [0.25, 0.3) is 6.08 Å². The van der Waals surface area contributed by atoms with Gasteiger partial charge in [0.2, 0.25) is 0 Å². The molecule has 0 fully saturated rings. The van der Waals surface area contributed by atoms with Gasteiger partial charge in [-0.3, -0.25) is 9.78 Å². The minimum absolute atomic E-state index is 0.00325. The Labute approximate surface area is 349 Å². The van der Waals surface area contributed by atoms with Crippen molar-refractivity contribution in [3.63, 3.8) is 0 Å². The summed E-state index contributed by atoms with van der Waals surface area (Å²) < 4.78 is 20.7. The van der Waals surface area contributed by atoms with Crippen LogP contribution in [-0.2, 0) is 18.1 Å². The van der Waals surface area contributed by atoms with Crippen LogP contribution in [0.15, 0.2) is 41.6 Å². The molecule has 9 heteroatoms. The smallest absolute Gasteiger partial charge is 0.192 e. The topological polar surface area (TPSA) is 77.9 Å². The van der Waals surface area contributed by atoms with Crippen LogP contribution < -0.4 is 0 Å². The fourth-order valence-corrected chi connectivity index (χ4v) is 10.2. The second-order valence-corrected chi connectivity index (χ2v) is 36.3. The molecule has 1 aromatic heterocycles. The number of pyridine rings is 1. The number of aromatic nitrogens is 1. The van der Waals surface area contributed by atoms with Gasteiger partial charge in [0.05, 0.1) is 24.0 Å². The quantitative estimate of drug-likeness (QED) is 0.0926. The van der Waals surface area contributed by atoms with E-state index in [2.05, 4.69) is 140 Å². The van der Waals surface area contributed by atoms with Crippen molar-refractivity contribution in [2.45, 2.75) is 215 Å². The minimum atomic E-state index is -2.21. The Kier molecular flexibility index (Phi) is 19.7. The molecule has 0 unspecified atom stereocenters. The lowest BCUT2D eigenvalue weighted by Crippen LogP contribution is -2.53. The van der Waals surface area contributed by atoms with Gasteiger partial charge in [0.15, 0.2) is 25.0 Å². The number of nitrogens with zero attached hydrogens (tertiary/aromatic N) is 1. The van der Waals surface area contributed by atoms with Gasteiger partial charge in [-0.15, -0.1) is 0 Å². The van der Waals surface area contributed by atoms with Crippen molar-refractivity contribution in [3.8, 4) is 0 Å². The molecule has 0 aliphatic heterocycles. The van der Waals surface area contributed by atoms with E-state index in [0.717, 1.165) is 31.4 Å². The maximum atomic E-state index is 14.6. The van der Waals surface area contributed by atoms with E-state index in [4.69, 9.17) is 13.3 Å². The fraction of sp³-hybridized carbons (Fsp3) is 0.787. The summed E-state index contributed by atoms with van der Waals surface area (Å²) in [5.41, 5.74) is 2.69. The zero-order chi connectivity index (χ0) is 43.7. The molecule has 1 N–H and O–H groups in total. The van der Waals surface area contributed by atoms with E-state index in [0.29, 0.717) is 19.4 Å². The van der Waals surface area contributed by atoms with E-state index in [1.54, 1.807) is 0 Å². The monoisotopic (exact) mass is 832 g/mol. The Morgan fingerprint density at radius 1 is 0.821 bits per heavy atom. The molecule has 1 heterocycles. The molecule has 5 atom stereocenters. The first-order chi connectivity index (χ1) is 25.2. The second kappa shape index (κ2) is 20.9. The lowest BCUT2D eigenvalue weighted by molar-refractivity contribution is -0.142. The number of allylic oxidation sites excluding steroid dienone is 1. The maximum absolute atomic E-state index is 14.6. The molecule has 0 spiro atoms. The Bertz CT molecular complexity index is 1410. The summed E-state index contributed by atoms with van der Waals surface area (Å²) in [6.45, 7) is 47.3. The molecule has 0 saturated carbocycles. The Hall–Kier alpha value is -1.21. The molecule has 56 heavy (non-hydrogen) atoms. The van der Waals surface area contributed by atoms with Crippen molar-refractivity contribution < 1.29 is 23.2 Å². The summed E-state index contributed by atoms with van der Waals surface area (Å²) in [6, 6.07) is 6.00. The summed E-state index contributed by atoms with van der Waals surface area (Å²) >= 11 is 0. The molecule has 0 aliphatic rings. The molecule has 0 saturated heterocycles. The molecule has 1 aromatic rings. The Morgan fingerprint density at radius 2 is 1.36 bits per heavy atom. The lowest BCUT2D eigenvalue weighted by Gasteiger charge is -2.45. The van der Waals surface area contributed by atoms with Gasteiger partial charge in [-0.25, -0.2) is 0 Å². The van der Waals surface area contributed by atoms with Crippen LogP contribution in [0, 0.1) is 17.3 Å². The van der Waals surface area contributed by atoms with Gasteiger partial charge in [0, 0.05) is 24.1 Å². The number of Topliss-reactive ketones (excluding diaryl/α,β-unsaturated/α-hetero) is 1. The SMILES string of the molecule is CC[C@@H](C(=O)C(C)(C)[C@H](CCO[Si](C)(C)C(C)(C)C)O[Si](C)(C)C(C)(C)C)[C@@H](O)[C@@H](C)CCCC(C)=CC[C@H](O[Si](C)(C)C(C)(C)C)C(C)=Cc1ccccn1. The highest BCUT2D eigenvalue weighted by atomic mass is 28.4. The molecule has 6 nitrogen and oxygen atoms in total. The predicted octanol–water partition coefficient (Wildman–Crippen LogP) is 13.8. The second-order valence-electron chi connectivity index (χ2n) is 22.0. The zero-order valence-electron chi connectivity index (χ0n) is 40.3. The van der Waals surface area contributed by atoms with Crippen molar-refractivity contribution in [1.29, 1.82) is 0 Å². The van der Waals surface area contributed by atoms with Gasteiger partial charge >= 0.3 is 0 Å². The van der Waals surface area contributed by atoms with Gasteiger partial charge in [-0.2, -0.15) is 0 Å². The van der Waals surface area contributed by atoms with E-state index < -0.39 is 42.4 Å². The zero-order valence-corrected chi connectivity index (χ0v) is 43.3. The Morgan fingerprint density at radius 3 is 1.84 bits per heavy atom. The highest BCUT2D eigenvalue weighted by molar-refractivity contribution is 6.75. The van der Waals surface area contributed by atoms with Crippen LogP contribution in [0.1, 0.15) is 148 Å². The molecule has 1 rings (SSSR count). The molecular formula is C47H89NO5Si3. The highest BCUT2D eigenvalue weighted by Gasteiger charge is 2.48. The third-order valence-corrected chi connectivity index (χ3v) is 27.3. The van der Waals surface area contributed by atoms with Gasteiger partial charge in [0.1, 0.15) is 5.78 Å². The molecule has 0 aromatic carbocycles. The molecule has 0 bridgehead atoms. The summed E-state index contributed by atoms with van der Waals surface area (Å²) in [5.74, 6) is -0.355. The maximum Gasteiger partial charge on any atom is 0.192 e. The standard InChI is InChI=1S/C47H89NO5Si3/c1-22-39(43(50)47(14,15)41(53-56(20,21)46(11,12)13)31-33-51-54(16,17)44(5,6)7)42(49)36(3)27-25-26-35(2)29-30-40(52-55(18,19)45(8,9)10)37(4)34-38-28-23-24-32-48-38/h23-24,28-29,32,34,36,39-42,49H,22,25-27,30-31,33H2,1-21H3/t36-,39+,40-,41-,42-/m0/s1. The largest absolute Gasteiger partial charge is 0.417 e. The summed E-state index contributed by atoms with van der Waals surface area (Å²) in [6.07, 6.45) is 10.1. The number of carbonyl (C=O) groups is 1. The van der Waals surface area contributed by atoms with Gasteiger partial charge in [-0.05, 0) is 136 Å². The van der Waals surface area contributed by atoms with E-state index in [-0.39, 0.29) is 39.0 Å². The average molecular weight is 832 g/mol. The van der Waals surface area contributed by atoms with Crippen molar-refractivity contribution in [2.24, 2.45) is 17.3 Å². The number of carbonyl (C=O) groups excluding carboxylic acids is 1. The van der Waals surface area contributed by atoms with Crippen LogP contribution in [0.4, 0.5) is 0 Å². The highest BCUT2D eigenvalue weighted by Crippen LogP contribution is 2.43. The van der Waals surface area contributed by atoms with Gasteiger partial charge < -0.3 is 18.4 Å². The van der Waals surface area contributed by atoms with Crippen molar-refractivity contribution >= 4 is 36.8 Å². The lowest BCUT2D eigenvalue weighted by atomic mass is 9.71. The first-order valence-electron chi connectivity index (χ1n) is 21.7.